The van der Waals surface area contributed by atoms with Gasteiger partial charge in [-0.05, 0) is 42.2 Å². The Bertz CT molecular complexity index is 852. The Morgan fingerprint density at radius 1 is 1.22 bits per heavy atom. The standard InChI is InChI=1S/C22H22N2O3/c1-26-21-15-17(7-11-20(21)27-14-13-23)8-12-22(25)24(19-9-10-19)16-18-5-3-2-4-6-18/h2-8,11-12,15,19H,9-10,14,16H2,1H3/b12-8+. The van der Waals surface area contributed by atoms with E-state index in [0.29, 0.717) is 24.1 Å². The van der Waals surface area contributed by atoms with E-state index < -0.39 is 0 Å². The third kappa shape index (κ3) is 5.11. The molecule has 0 heterocycles. The van der Waals surface area contributed by atoms with Gasteiger partial charge in [0, 0.05) is 18.7 Å². The van der Waals surface area contributed by atoms with E-state index in [-0.39, 0.29) is 12.5 Å². The van der Waals surface area contributed by atoms with Crippen LogP contribution in [0.3, 0.4) is 0 Å². The van der Waals surface area contributed by atoms with Crippen molar-refractivity contribution in [2.75, 3.05) is 13.7 Å². The lowest BCUT2D eigenvalue weighted by atomic mass is 10.1. The van der Waals surface area contributed by atoms with Crippen molar-refractivity contribution in [2.24, 2.45) is 0 Å². The van der Waals surface area contributed by atoms with E-state index >= 15 is 0 Å². The summed E-state index contributed by atoms with van der Waals surface area (Å²) in [4.78, 5) is 14.6. The molecule has 5 heteroatoms. The summed E-state index contributed by atoms with van der Waals surface area (Å²) in [7, 11) is 1.54. The highest BCUT2D eigenvalue weighted by Crippen LogP contribution is 2.30. The molecule has 2 aromatic rings. The van der Waals surface area contributed by atoms with Crippen molar-refractivity contribution in [1.29, 1.82) is 5.26 Å². The average Bonchev–Trinajstić information content (AvgIpc) is 3.54. The van der Waals surface area contributed by atoms with E-state index in [1.807, 2.05) is 47.4 Å². The Labute approximate surface area is 159 Å². The van der Waals surface area contributed by atoms with Crippen LogP contribution in [0.25, 0.3) is 6.08 Å². The van der Waals surface area contributed by atoms with E-state index in [2.05, 4.69) is 0 Å². The Morgan fingerprint density at radius 2 is 2.00 bits per heavy atom. The number of rotatable bonds is 8. The van der Waals surface area contributed by atoms with Crippen LogP contribution in [-0.4, -0.2) is 30.6 Å². The molecule has 0 bridgehead atoms. The zero-order chi connectivity index (χ0) is 19.1. The Hall–Kier alpha value is -3.26. The number of benzene rings is 2. The normalized spacial score (nSPS) is 13.2. The van der Waals surface area contributed by atoms with Gasteiger partial charge in [-0.2, -0.15) is 5.26 Å². The molecule has 3 rings (SSSR count). The summed E-state index contributed by atoms with van der Waals surface area (Å²) in [5.74, 6) is 1.04. The van der Waals surface area contributed by atoms with Crippen molar-refractivity contribution in [3.63, 3.8) is 0 Å². The van der Waals surface area contributed by atoms with Crippen LogP contribution in [0, 0.1) is 11.3 Å². The molecule has 0 radical (unpaired) electrons. The molecule has 2 aromatic carbocycles. The van der Waals surface area contributed by atoms with Gasteiger partial charge in [-0.25, -0.2) is 0 Å². The van der Waals surface area contributed by atoms with Crippen molar-refractivity contribution in [3.05, 3.63) is 65.7 Å². The Balaban J connectivity index is 1.70. The predicted molar refractivity (Wildman–Crippen MR) is 103 cm³/mol. The third-order valence-electron chi connectivity index (χ3n) is 4.36. The molecule has 0 saturated heterocycles. The number of hydrogen-bond donors (Lipinski definition) is 0. The van der Waals surface area contributed by atoms with Crippen LogP contribution < -0.4 is 9.47 Å². The van der Waals surface area contributed by atoms with Gasteiger partial charge in [0.15, 0.2) is 18.1 Å². The maximum absolute atomic E-state index is 12.7. The number of carbonyl (C=O) groups excluding carboxylic acids is 1. The Morgan fingerprint density at radius 3 is 2.67 bits per heavy atom. The summed E-state index contributed by atoms with van der Waals surface area (Å²) in [6.07, 6.45) is 5.50. The van der Waals surface area contributed by atoms with Gasteiger partial charge in [0.25, 0.3) is 0 Å². The number of nitriles is 1. The molecule has 27 heavy (non-hydrogen) atoms. The SMILES string of the molecule is COc1cc(/C=C/C(=O)N(Cc2ccccc2)C2CC2)ccc1OCC#N. The van der Waals surface area contributed by atoms with Gasteiger partial charge in [-0.3, -0.25) is 4.79 Å². The maximum Gasteiger partial charge on any atom is 0.247 e. The zero-order valence-corrected chi connectivity index (χ0v) is 15.3. The van der Waals surface area contributed by atoms with Gasteiger partial charge in [-0.15, -0.1) is 0 Å². The molecule has 0 spiro atoms. The lowest BCUT2D eigenvalue weighted by Gasteiger charge is -2.21. The maximum atomic E-state index is 12.7. The van der Waals surface area contributed by atoms with Crippen LogP contribution in [0.2, 0.25) is 0 Å². The van der Waals surface area contributed by atoms with Gasteiger partial charge < -0.3 is 14.4 Å². The van der Waals surface area contributed by atoms with Crippen molar-refractivity contribution in [1.82, 2.24) is 4.90 Å². The van der Waals surface area contributed by atoms with Gasteiger partial charge in [-0.1, -0.05) is 36.4 Å². The smallest absolute Gasteiger partial charge is 0.247 e. The molecule has 0 aromatic heterocycles. The van der Waals surface area contributed by atoms with E-state index in [0.717, 1.165) is 24.0 Å². The molecule has 0 aliphatic heterocycles. The first-order valence-electron chi connectivity index (χ1n) is 8.91. The molecule has 5 nitrogen and oxygen atoms in total. The highest BCUT2D eigenvalue weighted by molar-refractivity contribution is 5.92. The van der Waals surface area contributed by atoms with Gasteiger partial charge in [0.1, 0.15) is 6.07 Å². The molecule has 1 amide bonds. The fourth-order valence-electron chi connectivity index (χ4n) is 2.83. The van der Waals surface area contributed by atoms with Crippen LogP contribution in [0.15, 0.2) is 54.6 Å². The topological polar surface area (TPSA) is 62.6 Å². The fourth-order valence-corrected chi connectivity index (χ4v) is 2.83. The first-order valence-corrected chi connectivity index (χ1v) is 8.91. The second-order valence-corrected chi connectivity index (χ2v) is 6.37. The highest BCUT2D eigenvalue weighted by atomic mass is 16.5. The number of amides is 1. The minimum atomic E-state index is -0.0418. The monoisotopic (exact) mass is 362 g/mol. The average molecular weight is 362 g/mol. The first kappa shape index (κ1) is 18.5. The number of carbonyl (C=O) groups is 1. The molecule has 0 atom stereocenters. The van der Waals surface area contributed by atoms with Crippen molar-refractivity contribution in [3.8, 4) is 17.6 Å². The zero-order valence-electron chi connectivity index (χ0n) is 15.3. The summed E-state index contributed by atoms with van der Waals surface area (Å²) in [6, 6.07) is 17.7. The summed E-state index contributed by atoms with van der Waals surface area (Å²) in [6.45, 7) is 0.582. The lowest BCUT2D eigenvalue weighted by molar-refractivity contribution is -0.127. The summed E-state index contributed by atoms with van der Waals surface area (Å²) < 4.78 is 10.6. The third-order valence-corrected chi connectivity index (χ3v) is 4.36. The summed E-state index contributed by atoms with van der Waals surface area (Å²) in [5, 5.41) is 8.63. The highest BCUT2D eigenvalue weighted by Gasteiger charge is 2.31. The van der Waals surface area contributed by atoms with Crippen molar-refractivity contribution < 1.29 is 14.3 Å². The molecule has 0 N–H and O–H groups in total. The second kappa shape index (κ2) is 8.91. The minimum absolute atomic E-state index is 0.00475. The van der Waals surface area contributed by atoms with Crippen LogP contribution in [0.1, 0.15) is 24.0 Å². The van der Waals surface area contributed by atoms with E-state index in [1.54, 1.807) is 31.4 Å². The first-order chi connectivity index (χ1) is 13.2. The lowest BCUT2D eigenvalue weighted by Crippen LogP contribution is -2.31. The van der Waals surface area contributed by atoms with E-state index in [4.69, 9.17) is 14.7 Å². The molecule has 1 fully saturated rings. The minimum Gasteiger partial charge on any atom is -0.493 e. The number of methoxy groups -OCH3 is 1. The predicted octanol–water partition coefficient (Wildman–Crippen LogP) is 3.80. The molecule has 1 aliphatic carbocycles. The largest absolute Gasteiger partial charge is 0.493 e. The van der Waals surface area contributed by atoms with Crippen LogP contribution in [0.5, 0.6) is 11.5 Å². The van der Waals surface area contributed by atoms with Gasteiger partial charge in [0.2, 0.25) is 5.91 Å². The molecule has 1 saturated carbocycles. The Kier molecular flexibility index (Phi) is 6.11. The fraction of sp³-hybridized carbons (Fsp3) is 0.273. The number of hydrogen-bond acceptors (Lipinski definition) is 4. The van der Waals surface area contributed by atoms with Crippen LogP contribution in [-0.2, 0) is 11.3 Å². The molecular formula is C22H22N2O3. The summed E-state index contributed by atoms with van der Waals surface area (Å²) >= 11 is 0. The molecule has 138 valence electrons. The summed E-state index contributed by atoms with van der Waals surface area (Å²) in [5.41, 5.74) is 1.96. The molecule has 1 aliphatic rings. The van der Waals surface area contributed by atoms with Crippen molar-refractivity contribution in [2.45, 2.75) is 25.4 Å². The van der Waals surface area contributed by atoms with Crippen molar-refractivity contribution >= 4 is 12.0 Å². The van der Waals surface area contributed by atoms with E-state index in [1.165, 1.54) is 0 Å². The second-order valence-electron chi connectivity index (χ2n) is 6.37. The van der Waals surface area contributed by atoms with E-state index in [9.17, 15) is 4.79 Å². The number of nitrogens with zero attached hydrogens (tertiary/aromatic N) is 2. The van der Waals surface area contributed by atoms with Crippen LogP contribution in [0.4, 0.5) is 0 Å². The van der Waals surface area contributed by atoms with Crippen LogP contribution >= 0.6 is 0 Å². The van der Waals surface area contributed by atoms with Gasteiger partial charge >= 0.3 is 0 Å². The number of ether oxygens (including phenoxy) is 2. The van der Waals surface area contributed by atoms with Gasteiger partial charge in [0.05, 0.1) is 7.11 Å². The quantitative estimate of drug-likeness (QED) is 0.670. The molecule has 0 unspecified atom stereocenters. The molecular weight excluding hydrogens is 340 g/mol.